The average Bonchev–Trinajstić information content (AvgIpc) is 3.08. The summed E-state index contributed by atoms with van der Waals surface area (Å²) in [6.07, 6.45) is 17.0. The van der Waals surface area contributed by atoms with Crippen LogP contribution in [-0.4, -0.2) is 6.29 Å². The number of hydrogen-bond donors (Lipinski definition) is 0. The zero-order valence-corrected chi connectivity index (χ0v) is 21.5. The summed E-state index contributed by atoms with van der Waals surface area (Å²) in [4.78, 5) is 12.0. The Morgan fingerprint density at radius 3 is 2.00 bits per heavy atom. The van der Waals surface area contributed by atoms with Crippen LogP contribution in [0.15, 0.2) is 11.6 Å². The third-order valence-electron chi connectivity index (χ3n) is 13.8. The first kappa shape index (κ1) is 22.2. The van der Waals surface area contributed by atoms with Gasteiger partial charge in [-0.1, -0.05) is 54.5 Å². The zero-order valence-electron chi connectivity index (χ0n) is 21.5. The van der Waals surface area contributed by atoms with E-state index in [1.807, 2.05) is 0 Å². The molecule has 4 fully saturated rings. The maximum absolute atomic E-state index is 12.0. The summed E-state index contributed by atoms with van der Waals surface area (Å²) >= 11 is 0. The fraction of sp³-hybridized carbons (Fsp3) is 0.900. The molecular formula is C30H48O. The van der Waals surface area contributed by atoms with E-state index in [1.54, 1.807) is 0 Å². The van der Waals surface area contributed by atoms with Gasteiger partial charge in [0, 0.05) is 0 Å². The lowest BCUT2D eigenvalue weighted by Gasteiger charge is -2.75. The predicted molar refractivity (Wildman–Crippen MR) is 130 cm³/mol. The smallest absolute Gasteiger partial charge is 0.146 e. The number of allylic oxidation sites excluding steroid dienone is 2. The summed E-state index contributed by atoms with van der Waals surface area (Å²) in [7, 11) is 0. The quantitative estimate of drug-likeness (QED) is 0.408. The lowest BCUT2D eigenvalue weighted by molar-refractivity contribution is -0.260. The first-order chi connectivity index (χ1) is 14.5. The standard InChI is InChI=1S/C30H48O/c1-20(2)22-11-14-27(4)23(22)12-15-30(7)28(5)18-17-26(3)21(19-31)9-8-10-24(26)25(28)13-16-29(27,30)6/h9,19-20,22-25H,8,10-18H2,1-7H3. The molecule has 0 spiro atoms. The Labute approximate surface area is 192 Å². The molecule has 0 aliphatic heterocycles. The van der Waals surface area contributed by atoms with Crippen LogP contribution in [0.3, 0.4) is 0 Å². The van der Waals surface area contributed by atoms with Crippen LogP contribution in [0, 0.1) is 56.7 Å². The van der Waals surface area contributed by atoms with E-state index in [-0.39, 0.29) is 5.41 Å². The van der Waals surface area contributed by atoms with Crippen LogP contribution in [0.5, 0.6) is 0 Å². The number of fused-ring (bicyclic) bond motifs is 7. The SMILES string of the molecule is CC(C)C1CCC2(C)C1CCC1(C)C3(C)CCC4(C)C(C=O)=CCCC4C3CCC21C. The number of carbonyl (C=O) groups is 1. The summed E-state index contributed by atoms with van der Waals surface area (Å²) in [5.74, 6) is 4.19. The normalized spacial score (nSPS) is 56.2. The molecule has 31 heavy (non-hydrogen) atoms. The van der Waals surface area contributed by atoms with E-state index in [4.69, 9.17) is 0 Å². The van der Waals surface area contributed by atoms with Gasteiger partial charge in [-0.2, -0.15) is 0 Å². The average molecular weight is 425 g/mol. The number of rotatable bonds is 2. The number of carbonyl (C=O) groups excluding carboxylic acids is 1. The van der Waals surface area contributed by atoms with Crippen molar-refractivity contribution in [2.24, 2.45) is 56.7 Å². The van der Waals surface area contributed by atoms with Crippen molar-refractivity contribution in [2.75, 3.05) is 0 Å². The van der Waals surface area contributed by atoms with Crippen LogP contribution in [0.4, 0.5) is 0 Å². The van der Waals surface area contributed by atoms with Crippen molar-refractivity contribution in [1.82, 2.24) is 0 Å². The summed E-state index contributed by atoms with van der Waals surface area (Å²) < 4.78 is 0. The molecule has 0 amide bonds. The highest BCUT2D eigenvalue weighted by molar-refractivity contribution is 5.76. The minimum absolute atomic E-state index is 0.130. The lowest BCUT2D eigenvalue weighted by Crippen LogP contribution is -2.68. The molecule has 5 aliphatic carbocycles. The van der Waals surface area contributed by atoms with Gasteiger partial charge in [0.25, 0.3) is 0 Å². The number of hydrogen-bond acceptors (Lipinski definition) is 1. The molecule has 0 heterocycles. The molecule has 0 radical (unpaired) electrons. The van der Waals surface area contributed by atoms with Gasteiger partial charge >= 0.3 is 0 Å². The Morgan fingerprint density at radius 2 is 1.39 bits per heavy atom. The minimum Gasteiger partial charge on any atom is -0.298 e. The predicted octanol–water partition coefficient (Wildman–Crippen LogP) is 8.23. The molecular weight excluding hydrogens is 376 g/mol. The topological polar surface area (TPSA) is 17.1 Å². The highest BCUT2D eigenvalue weighted by Gasteiger charge is 2.73. The first-order valence-electron chi connectivity index (χ1n) is 13.6. The second-order valence-corrected chi connectivity index (χ2v) is 14.1. The van der Waals surface area contributed by atoms with Gasteiger partial charge in [0.2, 0.25) is 0 Å². The van der Waals surface area contributed by atoms with Crippen molar-refractivity contribution >= 4 is 6.29 Å². The fourth-order valence-corrected chi connectivity index (χ4v) is 11.3. The van der Waals surface area contributed by atoms with Gasteiger partial charge in [0.1, 0.15) is 6.29 Å². The zero-order chi connectivity index (χ0) is 22.4. The molecule has 0 aromatic rings. The molecule has 0 aromatic carbocycles. The fourth-order valence-electron chi connectivity index (χ4n) is 11.3. The summed E-state index contributed by atoms with van der Waals surface area (Å²) in [5.41, 5.74) is 3.05. The maximum atomic E-state index is 12.0. The maximum Gasteiger partial charge on any atom is 0.146 e. The van der Waals surface area contributed by atoms with Crippen molar-refractivity contribution in [3.8, 4) is 0 Å². The second kappa shape index (κ2) is 6.73. The van der Waals surface area contributed by atoms with Crippen LogP contribution in [0.2, 0.25) is 0 Å². The molecule has 1 heteroatoms. The third kappa shape index (κ3) is 2.43. The van der Waals surface area contributed by atoms with Crippen molar-refractivity contribution < 1.29 is 4.79 Å². The highest BCUT2D eigenvalue weighted by atomic mass is 16.1. The van der Waals surface area contributed by atoms with E-state index in [1.165, 1.54) is 64.1 Å². The monoisotopic (exact) mass is 424 g/mol. The Kier molecular flexibility index (Phi) is 4.82. The largest absolute Gasteiger partial charge is 0.298 e. The van der Waals surface area contributed by atoms with Gasteiger partial charge in [-0.3, -0.25) is 4.79 Å². The molecule has 9 unspecified atom stereocenters. The Bertz CT molecular complexity index is 794. The summed E-state index contributed by atoms with van der Waals surface area (Å²) in [6, 6.07) is 0. The van der Waals surface area contributed by atoms with Gasteiger partial charge in [-0.25, -0.2) is 0 Å². The van der Waals surface area contributed by atoms with Crippen LogP contribution < -0.4 is 0 Å². The van der Waals surface area contributed by atoms with E-state index < -0.39 is 0 Å². The van der Waals surface area contributed by atoms with Gasteiger partial charge in [-0.15, -0.1) is 0 Å². The molecule has 174 valence electrons. The minimum atomic E-state index is 0.130. The molecule has 4 saturated carbocycles. The van der Waals surface area contributed by atoms with Gasteiger partial charge in [0.05, 0.1) is 0 Å². The molecule has 5 aliphatic rings. The van der Waals surface area contributed by atoms with Crippen molar-refractivity contribution in [2.45, 2.75) is 113 Å². The number of aldehydes is 1. The Hall–Kier alpha value is -0.590. The lowest BCUT2D eigenvalue weighted by atomic mass is 9.29. The van der Waals surface area contributed by atoms with Crippen LogP contribution >= 0.6 is 0 Å². The van der Waals surface area contributed by atoms with Gasteiger partial charge in [0.15, 0.2) is 0 Å². The first-order valence-corrected chi connectivity index (χ1v) is 13.6. The van der Waals surface area contributed by atoms with Crippen LogP contribution in [-0.2, 0) is 4.79 Å². The molecule has 9 atom stereocenters. The van der Waals surface area contributed by atoms with Crippen LogP contribution in [0.1, 0.15) is 113 Å². The molecule has 0 N–H and O–H groups in total. The van der Waals surface area contributed by atoms with Gasteiger partial charge in [-0.05, 0) is 126 Å². The molecule has 0 bridgehead atoms. The highest BCUT2D eigenvalue weighted by Crippen LogP contribution is 2.80. The Morgan fingerprint density at radius 1 is 0.774 bits per heavy atom. The van der Waals surface area contributed by atoms with Crippen molar-refractivity contribution in [1.29, 1.82) is 0 Å². The molecule has 0 saturated heterocycles. The molecule has 0 aromatic heterocycles. The Balaban J connectivity index is 1.56. The second-order valence-electron chi connectivity index (χ2n) is 14.1. The van der Waals surface area contributed by atoms with Crippen molar-refractivity contribution in [3.05, 3.63) is 11.6 Å². The van der Waals surface area contributed by atoms with Crippen LogP contribution in [0.25, 0.3) is 0 Å². The van der Waals surface area contributed by atoms with E-state index in [2.05, 4.69) is 54.5 Å². The van der Waals surface area contributed by atoms with E-state index in [0.29, 0.717) is 27.6 Å². The molecule has 1 nitrogen and oxygen atoms in total. The summed E-state index contributed by atoms with van der Waals surface area (Å²) in [5, 5.41) is 0. The van der Waals surface area contributed by atoms with E-state index in [0.717, 1.165) is 35.7 Å². The summed E-state index contributed by atoms with van der Waals surface area (Å²) in [6.45, 7) is 18.3. The van der Waals surface area contributed by atoms with E-state index >= 15 is 0 Å². The third-order valence-corrected chi connectivity index (χ3v) is 13.8. The van der Waals surface area contributed by atoms with Gasteiger partial charge < -0.3 is 0 Å². The molecule has 5 rings (SSSR count). The van der Waals surface area contributed by atoms with Crippen molar-refractivity contribution in [3.63, 3.8) is 0 Å². The van der Waals surface area contributed by atoms with E-state index in [9.17, 15) is 4.79 Å².